The summed E-state index contributed by atoms with van der Waals surface area (Å²) in [6.07, 6.45) is -1.18. The van der Waals surface area contributed by atoms with Crippen LogP contribution in [0.2, 0.25) is 5.02 Å². The van der Waals surface area contributed by atoms with E-state index in [1.165, 1.54) is 12.1 Å². The minimum atomic E-state index is -1.18. The summed E-state index contributed by atoms with van der Waals surface area (Å²) < 4.78 is 9.65. The number of carbonyl (C=O) groups excluding carboxylic acids is 1. The SMILES string of the molecule is N#Cc1cc(Cl)c(OC(=O)Oc2ccccc2)c([N+](=O)[O-])c1. The molecule has 7 nitrogen and oxygen atoms in total. The van der Waals surface area contributed by atoms with Crippen LogP contribution >= 0.6 is 11.6 Å². The fraction of sp³-hybridized carbons (Fsp3) is 0. The fourth-order valence-electron chi connectivity index (χ4n) is 1.57. The Kier molecular flexibility index (Phi) is 4.56. The van der Waals surface area contributed by atoms with Gasteiger partial charge in [-0.15, -0.1) is 0 Å². The van der Waals surface area contributed by atoms with Crippen molar-refractivity contribution in [2.24, 2.45) is 0 Å². The molecule has 0 amide bonds. The first-order chi connectivity index (χ1) is 10.5. The summed E-state index contributed by atoms with van der Waals surface area (Å²) in [5.41, 5.74) is -0.630. The van der Waals surface area contributed by atoms with Crippen molar-refractivity contribution in [1.82, 2.24) is 0 Å². The third-order valence-electron chi connectivity index (χ3n) is 2.48. The number of nitro groups is 1. The number of hydrogen-bond donors (Lipinski definition) is 0. The zero-order valence-electron chi connectivity index (χ0n) is 10.9. The Labute approximate surface area is 129 Å². The molecule has 0 aliphatic heterocycles. The number of halogens is 1. The predicted molar refractivity (Wildman–Crippen MR) is 75.9 cm³/mol. The molecule has 2 rings (SSSR count). The van der Waals surface area contributed by atoms with E-state index in [1.54, 1.807) is 24.3 Å². The van der Waals surface area contributed by atoms with Crippen molar-refractivity contribution in [1.29, 1.82) is 5.26 Å². The van der Waals surface area contributed by atoms with Gasteiger partial charge in [-0.25, -0.2) is 4.79 Å². The summed E-state index contributed by atoms with van der Waals surface area (Å²) in [5, 5.41) is 19.5. The summed E-state index contributed by atoms with van der Waals surface area (Å²) in [7, 11) is 0. The Morgan fingerprint density at radius 2 is 1.91 bits per heavy atom. The minimum Gasteiger partial charge on any atom is -0.395 e. The highest BCUT2D eigenvalue weighted by molar-refractivity contribution is 6.32. The molecule has 2 aromatic rings. The molecule has 0 aliphatic rings. The molecule has 0 aliphatic carbocycles. The van der Waals surface area contributed by atoms with Crippen molar-refractivity contribution in [2.45, 2.75) is 0 Å². The lowest BCUT2D eigenvalue weighted by Crippen LogP contribution is -2.15. The molecular weight excluding hydrogens is 312 g/mol. The third-order valence-corrected chi connectivity index (χ3v) is 2.76. The number of benzene rings is 2. The van der Waals surface area contributed by atoms with E-state index in [4.69, 9.17) is 26.3 Å². The van der Waals surface area contributed by atoms with Crippen molar-refractivity contribution >= 4 is 23.4 Å². The molecule has 0 saturated heterocycles. The molecule has 0 bridgehead atoms. The van der Waals surface area contributed by atoms with E-state index < -0.39 is 22.5 Å². The first-order valence-corrected chi connectivity index (χ1v) is 6.22. The van der Waals surface area contributed by atoms with Crippen LogP contribution in [0.4, 0.5) is 10.5 Å². The highest BCUT2D eigenvalue weighted by Gasteiger charge is 2.24. The number of nitrogens with zero attached hydrogens (tertiary/aromatic N) is 2. The zero-order valence-corrected chi connectivity index (χ0v) is 11.6. The van der Waals surface area contributed by atoms with Gasteiger partial charge in [0.1, 0.15) is 5.75 Å². The number of carbonyl (C=O) groups is 1. The lowest BCUT2D eigenvalue weighted by Gasteiger charge is -2.07. The molecule has 0 N–H and O–H groups in total. The molecule has 0 atom stereocenters. The van der Waals surface area contributed by atoms with Crippen molar-refractivity contribution in [3.63, 3.8) is 0 Å². The van der Waals surface area contributed by atoms with Crippen molar-refractivity contribution in [3.8, 4) is 17.6 Å². The summed E-state index contributed by atoms with van der Waals surface area (Å²) in [5.74, 6) is -0.272. The molecule has 0 fully saturated rings. The van der Waals surface area contributed by atoms with E-state index in [-0.39, 0.29) is 16.3 Å². The third kappa shape index (κ3) is 3.50. The number of nitriles is 1. The lowest BCUT2D eigenvalue weighted by atomic mass is 10.2. The molecule has 22 heavy (non-hydrogen) atoms. The van der Waals surface area contributed by atoms with Crippen LogP contribution in [-0.2, 0) is 0 Å². The summed E-state index contributed by atoms with van der Waals surface area (Å²) in [6.45, 7) is 0. The van der Waals surface area contributed by atoms with E-state index in [0.29, 0.717) is 0 Å². The van der Waals surface area contributed by atoms with E-state index in [9.17, 15) is 14.9 Å². The van der Waals surface area contributed by atoms with Crippen LogP contribution in [0.3, 0.4) is 0 Å². The molecule has 2 aromatic carbocycles. The van der Waals surface area contributed by atoms with Crippen LogP contribution in [0.5, 0.6) is 11.5 Å². The van der Waals surface area contributed by atoms with Crippen LogP contribution in [0.15, 0.2) is 42.5 Å². The molecule has 0 heterocycles. The maximum Gasteiger partial charge on any atom is 0.519 e. The van der Waals surface area contributed by atoms with Gasteiger partial charge in [-0.1, -0.05) is 29.8 Å². The summed E-state index contributed by atoms with van der Waals surface area (Å²) in [6, 6.07) is 11.9. The first-order valence-electron chi connectivity index (χ1n) is 5.84. The Morgan fingerprint density at radius 3 is 2.50 bits per heavy atom. The van der Waals surface area contributed by atoms with Gasteiger partial charge in [-0.3, -0.25) is 10.1 Å². The molecule has 8 heteroatoms. The van der Waals surface area contributed by atoms with Gasteiger partial charge in [0.05, 0.1) is 21.6 Å². The monoisotopic (exact) mass is 318 g/mol. The molecule has 0 spiro atoms. The lowest BCUT2D eigenvalue weighted by molar-refractivity contribution is -0.385. The number of para-hydroxylation sites is 1. The van der Waals surface area contributed by atoms with Crippen LogP contribution in [0.1, 0.15) is 5.56 Å². The zero-order chi connectivity index (χ0) is 16.1. The van der Waals surface area contributed by atoms with E-state index in [1.807, 2.05) is 0 Å². The van der Waals surface area contributed by atoms with Crippen molar-refractivity contribution < 1.29 is 19.2 Å². The number of hydrogen-bond acceptors (Lipinski definition) is 6. The highest BCUT2D eigenvalue weighted by Crippen LogP contribution is 2.36. The minimum absolute atomic E-state index is 0.0273. The molecular formula is C14H7ClN2O5. The Bertz CT molecular complexity index is 771. The number of nitro benzene ring substituents is 1. The van der Waals surface area contributed by atoms with Gasteiger partial charge in [0.25, 0.3) is 0 Å². The molecule has 0 saturated carbocycles. The normalized spacial score (nSPS) is 9.64. The second kappa shape index (κ2) is 6.56. The average molecular weight is 319 g/mol. The summed E-state index contributed by atoms with van der Waals surface area (Å²) >= 11 is 5.82. The maximum atomic E-state index is 11.7. The van der Waals surface area contributed by atoms with Crippen molar-refractivity contribution in [3.05, 3.63) is 63.2 Å². The van der Waals surface area contributed by atoms with Gasteiger partial charge in [0, 0.05) is 6.07 Å². The van der Waals surface area contributed by atoms with Crippen molar-refractivity contribution in [2.75, 3.05) is 0 Å². The average Bonchev–Trinajstić information content (AvgIpc) is 2.49. The number of ether oxygens (including phenoxy) is 2. The van der Waals surface area contributed by atoms with Gasteiger partial charge in [0.15, 0.2) is 0 Å². The van der Waals surface area contributed by atoms with Crippen LogP contribution in [0, 0.1) is 21.4 Å². The molecule has 0 radical (unpaired) electrons. The molecule has 110 valence electrons. The van der Waals surface area contributed by atoms with E-state index >= 15 is 0 Å². The first kappa shape index (κ1) is 15.3. The van der Waals surface area contributed by atoms with Crippen LogP contribution in [-0.4, -0.2) is 11.1 Å². The number of rotatable bonds is 3. The standard InChI is InChI=1S/C14H7ClN2O5/c15-11-6-9(8-16)7-12(17(19)20)13(11)22-14(18)21-10-4-2-1-3-5-10/h1-7H. The predicted octanol–water partition coefficient (Wildman–Crippen LogP) is 3.70. The van der Waals surface area contributed by atoms with Gasteiger partial charge >= 0.3 is 11.8 Å². The summed E-state index contributed by atoms with van der Waals surface area (Å²) in [4.78, 5) is 21.9. The van der Waals surface area contributed by atoms with Gasteiger partial charge < -0.3 is 9.47 Å². The van der Waals surface area contributed by atoms with Gasteiger partial charge in [-0.2, -0.15) is 5.26 Å². The Hall–Kier alpha value is -3.11. The second-order valence-electron chi connectivity index (χ2n) is 3.94. The maximum absolute atomic E-state index is 11.7. The molecule has 0 aromatic heterocycles. The van der Waals surface area contributed by atoms with E-state index in [2.05, 4.69) is 0 Å². The largest absolute Gasteiger partial charge is 0.519 e. The Balaban J connectivity index is 2.27. The smallest absolute Gasteiger partial charge is 0.395 e. The highest BCUT2D eigenvalue weighted by atomic mass is 35.5. The Morgan fingerprint density at radius 1 is 1.23 bits per heavy atom. The second-order valence-corrected chi connectivity index (χ2v) is 4.35. The van der Waals surface area contributed by atoms with Gasteiger partial charge in [0.2, 0.25) is 5.75 Å². The van der Waals surface area contributed by atoms with Crippen LogP contribution < -0.4 is 9.47 Å². The van der Waals surface area contributed by atoms with E-state index in [0.717, 1.165) is 12.1 Å². The fourth-order valence-corrected chi connectivity index (χ4v) is 1.82. The topological polar surface area (TPSA) is 102 Å². The molecule has 0 unspecified atom stereocenters. The quantitative estimate of drug-likeness (QED) is 0.370. The van der Waals surface area contributed by atoms with Gasteiger partial charge in [-0.05, 0) is 18.2 Å². The van der Waals surface area contributed by atoms with Crippen LogP contribution in [0.25, 0.3) is 0 Å².